The van der Waals surface area contributed by atoms with Crippen molar-refractivity contribution in [2.75, 3.05) is 12.8 Å². The second-order valence-corrected chi connectivity index (χ2v) is 4.74. The minimum atomic E-state index is 0. The molecule has 4 N–H and O–H groups in total. The van der Waals surface area contributed by atoms with E-state index in [-0.39, 0.29) is 32.7 Å². The van der Waals surface area contributed by atoms with Gasteiger partial charge in [0.25, 0.3) is 0 Å². The molecule has 1 aliphatic carbocycles. The SMILES string of the molecule is CO.Nc1cccc(-c2ccc(O)c3c2CCCC3)n1.[Y]. The van der Waals surface area contributed by atoms with Gasteiger partial charge in [-0.3, -0.25) is 0 Å². The van der Waals surface area contributed by atoms with E-state index >= 15 is 0 Å². The normalized spacial score (nSPS) is 12.5. The zero-order chi connectivity index (χ0) is 14.5. The summed E-state index contributed by atoms with van der Waals surface area (Å²) in [5.41, 5.74) is 10.1. The van der Waals surface area contributed by atoms with Gasteiger partial charge in [0, 0.05) is 45.4 Å². The summed E-state index contributed by atoms with van der Waals surface area (Å²) in [6.07, 6.45) is 4.28. The predicted molar refractivity (Wildman–Crippen MR) is 80.5 cm³/mol. The molecule has 109 valence electrons. The standard InChI is InChI=1S/C15H16N2O.CH4O.Y/c16-15-7-3-6-13(17-15)11-8-9-14(18)12-5-2-1-4-10(11)12;1-2;/h3,6-9,18H,1-2,4-5H2,(H2,16,17);2H,1H3;. The Labute approximate surface area is 150 Å². The topological polar surface area (TPSA) is 79.4 Å². The molecule has 0 aliphatic heterocycles. The van der Waals surface area contributed by atoms with Crippen LogP contribution in [0.2, 0.25) is 0 Å². The fraction of sp³-hybridized carbons (Fsp3) is 0.312. The fourth-order valence-electron chi connectivity index (χ4n) is 2.69. The first-order valence-electron chi connectivity index (χ1n) is 6.77. The van der Waals surface area contributed by atoms with Crippen molar-refractivity contribution in [2.24, 2.45) is 0 Å². The van der Waals surface area contributed by atoms with Crippen LogP contribution in [0.5, 0.6) is 5.75 Å². The molecule has 0 spiro atoms. The fourth-order valence-corrected chi connectivity index (χ4v) is 2.69. The van der Waals surface area contributed by atoms with E-state index < -0.39 is 0 Å². The summed E-state index contributed by atoms with van der Waals surface area (Å²) in [4.78, 5) is 4.38. The summed E-state index contributed by atoms with van der Waals surface area (Å²) in [5.74, 6) is 0.947. The Bertz CT molecular complexity index is 603. The summed E-state index contributed by atoms with van der Waals surface area (Å²) in [7, 11) is 1.00. The number of aromatic hydroxyl groups is 1. The summed E-state index contributed by atoms with van der Waals surface area (Å²) < 4.78 is 0. The number of hydrogen-bond donors (Lipinski definition) is 3. The van der Waals surface area contributed by atoms with Gasteiger partial charge in [0.05, 0.1) is 5.69 Å². The molecule has 0 unspecified atom stereocenters. The smallest absolute Gasteiger partial charge is 0.124 e. The van der Waals surface area contributed by atoms with Gasteiger partial charge in [-0.15, -0.1) is 0 Å². The minimum Gasteiger partial charge on any atom is -0.508 e. The first-order chi connectivity index (χ1) is 9.75. The molecule has 3 rings (SSSR count). The van der Waals surface area contributed by atoms with Crippen molar-refractivity contribution in [3.05, 3.63) is 41.5 Å². The van der Waals surface area contributed by atoms with E-state index in [2.05, 4.69) is 4.98 Å². The van der Waals surface area contributed by atoms with Crippen LogP contribution in [0.25, 0.3) is 11.3 Å². The Morgan fingerprint density at radius 2 is 1.67 bits per heavy atom. The summed E-state index contributed by atoms with van der Waals surface area (Å²) in [5, 5.41) is 16.9. The van der Waals surface area contributed by atoms with Gasteiger partial charge in [-0.25, -0.2) is 4.98 Å². The number of fused-ring (bicyclic) bond motifs is 1. The number of aromatic nitrogens is 1. The van der Waals surface area contributed by atoms with Gasteiger partial charge in [0.1, 0.15) is 11.6 Å². The Morgan fingerprint density at radius 1 is 1.00 bits per heavy atom. The van der Waals surface area contributed by atoms with Crippen molar-refractivity contribution in [3.8, 4) is 17.0 Å². The monoisotopic (exact) mass is 361 g/mol. The molecular weight excluding hydrogens is 341 g/mol. The molecule has 0 fully saturated rings. The molecule has 1 aromatic heterocycles. The molecule has 1 heterocycles. The molecule has 21 heavy (non-hydrogen) atoms. The maximum absolute atomic E-state index is 9.94. The summed E-state index contributed by atoms with van der Waals surface area (Å²) >= 11 is 0. The number of benzene rings is 1. The number of aliphatic hydroxyl groups excluding tert-OH is 1. The molecule has 5 heteroatoms. The number of nitrogens with two attached hydrogens (primary N) is 1. The van der Waals surface area contributed by atoms with Crippen LogP contribution >= 0.6 is 0 Å². The quantitative estimate of drug-likeness (QED) is 0.729. The van der Waals surface area contributed by atoms with E-state index in [9.17, 15) is 5.11 Å². The molecule has 4 nitrogen and oxygen atoms in total. The minimum absolute atomic E-state index is 0. The Kier molecular flexibility index (Phi) is 7.29. The molecule has 0 saturated heterocycles. The van der Waals surface area contributed by atoms with Gasteiger partial charge in [0.2, 0.25) is 0 Å². The van der Waals surface area contributed by atoms with Crippen LogP contribution in [0.1, 0.15) is 24.0 Å². The van der Waals surface area contributed by atoms with E-state index in [1.165, 1.54) is 12.0 Å². The number of anilines is 1. The van der Waals surface area contributed by atoms with Gasteiger partial charge in [-0.1, -0.05) is 6.07 Å². The maximum Gasteiger partial charge on any atom is 0.124 e. The van der Waals surface area contributed by atoms with Crippen LogP contribution in [0, 0.1) is 0 Å². The van der Waals surface area contributed by atoms with Crippen molar-refractivity contribution < 1.29 is 42.9 Å². The third-order valence-corrected chi connectivity index (χ3v) is 3.56. The molecular formula is C16H20N2O2Y. The van der Waals surface area contributed by atoms with Gasteiger partial charge in [-0.2, -0.15) is 0 Å². The van der Waals surface area contributed by atoms with Gasteiger partial charge < -0.3 is 15.9 Å². The summed E-state index contributed by atoms with van der Waals surface area (Å²) in [6.45, 7) is 0. The van der Waals surface area contributed by atoms with Crippen molar-refractivity contribution >= 4 is 5.82 Å². The van der Waals surface area contributed by atoms with Crippen molar-refractivity contribution in [1.82, 2.24) is 4.98 Å². The first kappa shape index (κ1) is 18.1. The van der Waals surface area contributed by atoms with E-state index in [1.54, 1.807) is 12.1 Å². The van der Waals surface area contributed by atoms with Gasteiger partial charge in [-0.05, 0) is 61.1 Å². The molecule has 0 amide bonds. The molecule has 0 bridgehead atoms. The van der Waals surface area contributed by atoms with Gasteiger partial charge >= 0.3 is 0 Å². The predicted octanol–water partition coefficient (Wildman–Crippen LogP) is 2.52. The van der Waals surface area contributed by atoms with Crippen LogP contribution in [0.15, 0.2) is 30.3 Å². The van der Waals surface area contributed by atoms with E-state index in [4.69, 9.17) is 10.8 Å². The average Bonchev–Trinajstić information content (AvgIpc) is 2.50. The number of aliphatic hydroxyl groups is 1. The molecule has 2 aromatic rings. The van der Waals surface area contributed by atoms with Crippen LogP contribution in [-0.2, 0) is 45.6 Å². The molecule has 1 aromatic carbocycles. The third kappa shape index (κ3) is 4.03. The Hall–Kier alpha value is -0.966. The van der Waals surface area contributed by atoms with Crippen LogP contribution in [-0.4, -0.2) is 22.3 Å². The largest absolute Gasteiger partial charge is 0.508 e. The van der Waals surface area contributed by atoms with Crippen LogP contribution in [0.4, 0.5) is 5.82 Å². The first-order valence-corrected chi connectivity index (χ1v) is 6.77. The zero-order valence-electron chi connectivity index (χ0n) is 12.2. The van der Waals surface area contributed by atoms with E-state index in [0.717, 1.165) is 43.2 Å². The molecule has 1 aliphatic rings. The van der Waals surface area contributed by atoms with Crippen molar-refractivity contribution in [2.45, 2.75) is 25.7 Å². The van der Waals surface area contributed by atoms with Crippen molar-refractivity contribution in [3.63, 3.8) is 0 Å². The van der Waals surface area contributed by atoms with Crippen LogP contribution < -0.4 is 5.73 Å². The molecule has 0 atom stereocenters. The van der Waals surface area contributed by atoms with Gasteiger partial charge in [0.15, 0.2) is 0 Å². The number of nitrogens with zero attached hydrogens (tertiary/aromatic N) is 1. The molecule has 1 radical (unpaired) electrons. The zero-order valence-corrected chi connectivity index (χ0v) is 15.0. The van der Waals surface area contributed by atoms with E-state index in [1.807, 2.05) is 18.2 Å². The number of rotatable bonds is 1. The number of nitrogen functional groups attached to an aromatic ring is 1. The Balaban J connectivity index is 0.000000706. The number of pyridine rings is 1. The maximum atomic E-state index is 9.94. The molecule has 0 saturated carbocycles. The number of phenolic OH excluding ortho intramolecular Hbond substituents is 1. The number of phenols is 1. The third-order valence-electron chi connectivity index (χ3n) is 3.56. The average molecular weight is 361 g/mol. The Morgan fingerprint density at radius 3 is 2.33 bits per heavy atom. The second-order valence-electron chi connectivity index (χ2n) is 4.74. The van der Waals surface area contributed by atoms with Crippen molar-refractivity contribution in [1.29, 1.82) is 0 Å². The number of hydrogen-bond acceptors (Lipinski definition) is 4. The summed E-state index contributed by atoms with van der Waals surface area (Å²) in [6, 6.07) is 9.39. The van der Waals surface area contributed by atoms with E-state index in [0.29, 0.717) is 11.6 Å². The second kappa shape index (κ2) is 8.47. The van der Waals surface area contributed by atoms with Crippen LogP contribution in [0.3, 0.4) is 0 Å².